The van der Waals surface area contributed by atoms with Crippen LogP contribution in [-0.2, 0) is 14.8 Å². The maximum Gasteiger partial charge on any atom is 0.244 e. The molecule has 6 N–H and O–H groups in total. The second kappa shape index (κ2) is 12.1. The average Bonchev–Trinajstić information content (AvgIpc) is 3.23. The quantitative estimate of drug-likeness (QED) is 0.160. The second-order valence-corrected chi connectivity index (χ2v) is 11.7. The van der Waals surface area contributed by atoms with Gasteiger partial charge >= 0.3 is 0 Å². The molecule has 4 aromatic rings. The highest BCUT2D eigenvalue weighted by Gasteiger charge is 2.25. The number of anilines is 2. The Labute approximate surface area is 228 Å². The summed E-state index contributed by atoms with van der Waals surface area (Å²) in [5.74, 6) is -0.245. The van der Waals surface area contributed by atoms with Crippen molar-refractivity contribution in [2.24, 2.45) is 10.9 Å². The number of rotatable bonds is 6. The fraction of sp³-hybridized carbons (Fsp3) is 0.250. The number of hydrogen-bond acceptors (Lipinski definition) is 8. The first kappa shape index (κ1) is 29.3. The molecular formula is C28H34N6O4S. The van der Waals surface area contributed by atoms with Gasteiger partial charge in [-0.3, -0.25) is 4.79 Å². The van der Waals surface area contributed by atoms with Crippen molar-refractivity contribution >= 4 is 44.3 Å². The lowest BCUT2D eigenvalue weighted by Gasteiger charge is -2.12. The van der Waals surface area contributed by atoms with E-state index in [0.717, 1.165) is 20.8 Å². The molecule has 39 heavy (non-hydrogen) atoms. The van der Waals surface area contributed by atoms with Crippen LogP contribution in [0.5, 0.6) is 0 Å². The van der Waals surface area contributed by atoms with E-state index in [1.54, 1.807) is 51.1 Å². The highest BCUT2D eigenvalue weighted by atomic mass is 32.2. The van der Waals surface area contributed by atoms with Crippen LogP contribution in [0.2, 0.25) is 0 Å². The molecule has 1 atom stereocenters. The van der Waals surface area contributed by atoms with Crippen LogP contribution in [0.1, 0.15) is 43.0 Å². The van der Waals surface area contributed by atoms with E-state index in [9.17, 15) is 18.4 Å². The molecule has 3 aromatic carbocycles. The van der Waals surface area contributed by atoms with E-state index in [1.807, 2.05) is 50.2 Å². The maximum atomic E-state index is 12.6. The van der Waals surface area contributed by atoms with E-state index < -0.39 is 21.3 Å². The zero-order valence-electron chi connectivity index (χ0n) is 22.6. The number of fused-ring (bicyclic) bond motifs is 1. The van der Waals surface area contributed by atoms with Gasteiger partial charge in [-0.2, -0.15) is 0 Å². The Bertz CT molecular complexity index is 1590. The lowest BCUT2D eigenvalue weighted by molar-refractivity contribution is -0.117. The highest BCUT2D eigenvalue weighted by Crippen LogP contribution is 2.25. The Balaban J connectivity index is 0.000000255. The van der Waals surface area contributed by atoms with E-state index >= 15 is 0 Å². The van der Waals surface area contributed by atoms with Crippen molar-refractivity contribution in [3.63, 3.8) is 0 Å². The molecule has 10 nitrogen and oxygen atoms in total. The summed E-state index contributed by atoms with van der Waals surface area (Å²) in [4.78, 5) is 15.5. The van der Waals surface area contributed by atoms with Crippen molar-refractivity contribution in [3.05, 3.63) is 89.0 Å². The Hall–Kier alpha value is -4.22. The van der Waals surface area contributed by atoms with E-state index in [0.29, 0.717) is 27.9 Å². The van der Waals surface area contributed by atoms with E-state index in [1.165, 1.54) is 0 Å². The lowest BCUT2D eigenvalue weighted by Crippen LogP contribution is -2.32. The summed E-state index contributed by atoms with van der Waals surface area (Å²) in [6.07, 6.45) is 0. The summed E-state index contributed by atoms with van der Waals surface area (Å²) in [5.41, 5.74) is 16.7. The molecule has 0 bridgehead atoms. The van der Waals surface area contributed by atoms with E-state index in [4.69, 9.17) is 11.5 Å². The Morgan fingerprint density at radius 2 is 1.59 bits per heavy atom. The maximum absolute atomic E-state index is 12.6. The van der Waals surface area contributed by atoms with Gasteiger partial charge in [0.15, 0.2) is 0 Å². The number of oxime groups is 1. The standard InChI is InChI=1S/C17H18N4O3S.C11H16N2O/c1-11(2)25(23,24)21-15-10-13(8-9-14(15)19-17(21)18)16(20-22)12-6-4-3-5-7-12;1-7-5-4-6-8(2)10(7)13-11(14)9(3)12/h3-11,22H,1-2H3,(H2,18,19);4-6,9H,12H2,1-3H3,(H,13,14)/b20-16+;. The molecule has 1 heterocycles. The Kier molecular flexibility index (Phi) is 9.10. The van der Waals surface area contributed by atoms with Crippen molar-refractivity contribution in [2.75, 3.05) is 11.1 Å². The minimum absolute atomic E-state index is 0.0944. The van der Waals surface area contributed by atoms with Crippen LogP contribution < -0.4 is 16.8 Å². The number of imidazole rings is 1. The van der Waals surface area contributed by atoms with Gasteiger partial charge in [0, 0.05) is 16.8 Å². The SMILES string of the molecule is CC(C)S(=O)(=O)n1c(N)nc2ccc(/C(=N/O)c3ccccc3)cc21.Cc1cccc(C)c1NC(=O)C(C)N. The largest absolute Gasteiger partial charge is 0.410 e. The number of hydrogen-bond donors (Lipinski definition) is 4. The minimum atomic E-state index is -3.68. The van der Waals surface area contributed by atoms with Gasteiger partial charge in [0.05, 0.1) is 22.3 Å². The summed E-state index contributed by atoms with van der Waals surface area (Å²) in [6.45, 7) is 8.75. The van der Waals surface area contributed by atoms with Gasteiger partial charge in [-0.25, -0.2) is 17.4 Å². The van der Waals surface area contributed by atoms with Gasteiger partial charge < -0.3 is 22.0 Å². The lowest BCUT2D eigenvalue weighted by atomic mass is 10.0. The fourth-order valence-electron chi connectivity index (χ4n) is 3.83. The van der Waals surface area contributed by atoms with Crippen LogP contribution in [0.25, 0.3) is 11.0 Å². The van der Waals surface area contributed by atoms with Crippen LogP contribution in [0.3, 0.4) is 0 Å². The van der Waals surface area contributed by atoms with Crippen LogP contribution in [-0.4, -0.2) is 45.5 Å². The summed E-state index contributed by atoms with van der Waals surface area (Å²) >= 11 is 0. The van der Waals surface area contributed by atoms with Crippen molar-refractivity contribution in [3.8, 4) is 0 Å². The molecule has 1 unspecified atom stereocenters. The number of nitrogens with one attached hydrogen (secondary N) is 1. The molecule has 4 rings (SSSR count). The molecule has 0 aliphatic carbocycles. The molecule has 11 heteroatoms. The zero-order chi connectivity index (χ0) is 28.9. The zero-order valence-corrected chi connectivity index (χ0v) is 23.4. The number of aryl methyl sites for hydroxylation is 2. The number of carbonyl (C=O) groups is 1. The average molecular weight is 551 g/mol. The fourth-order valence-corrected chi connectivity index (χ4v) is 4.97. The molecule has 0 saturated carbocycles. The Morgan fingerprint density at radius 1 is 0.974 bits per heavy atom. The summed E-state index contributed by atoms with van der Waals surface area (Å²) in [5, 5.41) is 15.0. The van der Waals surface area contributed by atoms with Crippen molar-refractivity contribution in [2.45, 2.75) is 45.9 Å². The number of para-hydroxylation sites is 1. The van der Waals surface area contributed by atoms with Gasteiger partial charge in [-0.1, -0.05) is 59.8 Å². The van der Waals surface area contributed by atoms with E-state index in [-0.39, 0.29) is 11.9 Å². The van der Waals surface area contributed by atoms with E-state index in [2.05, 4.69) is 15.5 Å². The van der Waals surface area contributed by atoms with Crippen LogP contribution in [0, 0.1) is 13.8 Å². The number of amides is 1. The van der Waals surface area contributed by atoms with Crippen molar-refractivity contribution < 1.29 is 18.4 Å². The molecule has 0 aliphatic rings. The van der Waals surface area contributed by atoms with Crippen molar-refractivity contribution in [1.29, 1.82) is 0 Å². The number of nitrogen functional groups attached to an aromatic ring is 1. The summed E-state index contributed by atoms with van der Waals surface area (Å²) in [6, 6.07) is 19.5. The van der Waals surface area contributed by atoms with Crippen LogP contribution >= 0.6 is 0 Å². The summed E-state index contributed by atoms with van der Waals surface area (Å²) in [7, 11) is -3.68. The molecule has 1 aromatic heterocycles. The molecule has 0 saturated heterocycles. The van der Waals surface area contributed by atoms with Crippen LogP contribution in [0.15, 0.2) is 71.9 Å². The van der Waals surface area contributed by atoms with Gasteiger partial charge in [0.25, 0.3) is 0 Å². The minimum Gasteiger partial charge on any atom is -0.410 e. The molecular weight excluding hydrogens is 516 g/mol. The predicted octanol–water partition coefficient (Wildman–Crippen LogP) is 4.02. The normalized spacial score (nSPS) is 12.6. The number of aromatic nitrogens is 2. The first-order chi connectivity index (χ1) is 18.4. The number of benzene rings is 3. The molecule has 0 fully saturated rings. The van der Waals surface area contributed by atoms with Crippen molar-refractivity contribution in [1.82, 2.24) is 8.96 Å². The molecule has 1 amide bonds. The first-order valence-corrected chi connectivity index (χ1v) is 13.8. The third-order valence-electron chi connectivity index (χ3n) is 6.05. The van der Waals surface area contributed by atoms with Crippen LogP contribution in [0.4, 0.5) is 11.6 Å². The molecule has 0 spiro atoms. The molecule has 0 radical (unpaired) electrons. The second-order valence-electron chi connectivity index (χ2n) is 9.39. The van der Waals surface area contributed by atoms with Gasteiger partial charge in [0.2, 0.25) is 21.9 Å². The third kappa shape index (κ3) is 6.44. The Morgan fingerprint density at radius 3 is 2.13 bits per heavy atom. The summed E-state index contributed by atoms with van der Waals surface area (Å²) < 4.78 is 26.3. The monoisotopic (exact) mass is 550 g/mol. The topological polar surface area (TPSA) is 166 Å². The number of nitrogens with zero attached hydrogens (tertiary/aromatic N) is 3. The predicted molar refractivity (Wildman–Crippen MR) is 156 cm³/mol. The first-order valence-electron chi connectivity index (χ1n) is 12.3. The molecule has 0 aliphatic heterocycles. The number of carbonyl (C=O) groups excluding carboxylic acids is 1. The number of nitrogens with two attached hydrogens (primary N) is 2. The van der Waals surface area contributed by atoms with Gasteiger partial charge in [-0.05, 0) is 57.9 Å². The molecule has 206 valence electrons. The highest BCUT2D eigenvalue weighted by molar-refractivity contribution is 7.90. The third-order valence-corrected chi connectivity index (χ3v) is 8.14. The van der Waals surface area contributed by atoms with Gasteiger partial charge in [-0.15, -0.1) is 0 Å². The van der Waals surface area contributed by atoms with Gasteiger partial charge in [0.1, 0.15) is 5.71 Å². The smallest absolute Gasteiger partial charge is 0.244 e.